The molecule has 1 aliphatic carbocycles. The summed E-state index contributed by atoms with van der Waals surface area (Å²) in [5.74, 6) is 2.24. The Morgan fingerprint density at radius 2 is 1.87 bits per heavy atom. The van der Waals surface area contributed by atoms with Crippen LogP contribution in [0.25, 0.3) is 0 Å². The van der Waals surface area contributed by atoms with Crippen molar-refractivity contribution >= 4 is 18.1 Å². The molecule has 0 radical (unpaired) electrons. The van der Waals surface area contributed by atoms with Crippen LogP contribution in [0.5, 0.6) is 11.5 Å². The Bertz CT molecular complexity index is 472. The number of halogens is 1. The molecule has 2 fully saturated rings. The zero-order chi connectivity index (χ0) is 15.4. The van der Waals surface area contributed by atoms with Crippen LogP contribution < -0.4 is 20.1 Å². The van der Waals surface area contributed by atoms with Crippen LogP contribution in [-0.4, -0.2) is 46.1 Å². The number of hydrogen-bond donors (Lipinski definition) is 2. The molecule has 3 atom stereocenters. The minimum absolute atomic E-state index is 0. The van der Waals surface area contributed by atoms with E-state index in [4.69, 9.17) is 14.2 Å². The Balaban J connectivity index is 0.00000192. The molecule has 23 heavy (non-hydrogen) atoms. The van der Waals surface area contributed by atoms with Gasteiger partial charge in [0.05, 0.1) is 27.4 Å². The highest BCUT2D eigenvalue weighted by atomic mass is 35.5. The quantitative estimate of drug-likeness (QED) is 0.861. The van der Waals surface area contributed by atoms with Crippen LogP contribution in [0, 0.1) is 5.92 Å². The summed E-state index contributed by atoms with van der Waals surface area (Å²) in [5, 5.41) is 7.29. The van der Waals surface area contributed by atoms with Crippen molar-refractivity contribution < 1.29 is 14.2 Å². The summed E-state index contributed by atoms with van der Waals surface area (Å²) in [6.07, 6.45) is 3.71. The number of benzene rings is 1. The van der Waals surface area contributed by atoms with E-state index in [1.807, 2.05) is 18.2 Å². The van der Waals surface area contributed by atoms with E-state index in [-0.39, 0.29) is 12.4 Å². The molecule has 1 aliphatic heterocycles. The summed E-state index contributed by atoms with van der Waals surface area (Å²) < 4.78 is 16.3. The van der Waals surface area contributed by atoms with E-state index >= 15 is 0 Å². The van der Waals surface area contributed by atoms with Crippen molar-refractivity contribution in [3.8, 4) is 11.5 Å². The lowest BCUT2D eigenvalue weighted by Gasteiger charge is -2.33. The van der Waals surface area contributed by atoms with E-state index in [2.05, 4.69) is 10.6 Å². The van der Waals surface area contributed by atoms with Gasteiger partial charge in [-0.1, -0.05) is 6.42 Å². The summed E-state index contributed by atoms with van der Waals surface area (Å²) in [6.45, 7) is 2.61. The van der Waals surface area contributed by atoms with Gasteiger partial charge in [-0.3, -0.25) is 0 Å². The molecule has 1 saturated heterocycles. The van der Waals surface area contributed by atoms with Gasteiger partial charge in [-0.15, -0.1) is 12.4 Å². The van der Waals surface area contributed by atoms with Gasteiger partial charge in [0.15, 0.2) is 0 Å². The molecule has 3 unspecified atom stereocenters. The van der Waals surface area contributed by atoms with E-state index < -0.39 is 0 Å². The van der Waals surface area contributed by atoms with Gasteiger partial charge >= 0.3 is 0 Å². The molecule has 3 rings (SSSR count). The maximum Gasteiger partial charge on any atom is 0.124 e. The minimum atomic E-state index is 0. The zero-order valence-electron chi connectivity index (χ0n) is 13.8. The summed E-state index contributed by atoms with van der Waals surface area (Å²) in [5.41, 5.74) is 1.06. The minimum Gasteiger partial charge on any atom is -0.497 e. The average Bonchev–Trinajstić information content (AvgIpc) is 3.03. The van der Waals surface area contributed by atoms with E-state index in [1.165, 1.54) is 19.3 Å². The van der Waals surface area contributed by atoms with E-state index in [0.717, 1.165) is 36.9 Å². The Hall–Kier alpha value is -1.17. The fourth-order valence-corrected chi connectivity index (χ4v) is 3.62. The molecular weight excluding hydrogens is 316 g/mol. The number of morpholine rings is 1. The van der Waals surface area contributed by atoms with Gasteiger partial charge < -0.3 is 24.8 Å². The number of methoxy groups -OCH3 is 2. The maximum absolute atomic E-state index is 5.64. The molecule has 0 bridgehead atoms. The third kappa shape index (κ3) is 4.43. The van der Waals surface area contributed by atoms with E-state index in [0.29, 0.717) is 18.0 Å². The molecule has 0 aromatic heterocycles. The first-order valence-corrected chi connectivity index (χ1v) is 8.11. The molecule has 6 heteroatoms. The first-order valence-electron chi connectivity index (χ1n) is 8.11. The van der Waals surface area contributed by atoms with Gasteiger partial charge in [-0.2, -0.15) is 0 Å². The molecule has 5 nitrogen and oxygen atoms in total. The van der Waals surface area contributed by atoms with E-state index in [1.54, 1.807) is 14.2 Å². The monoisotopic (exact) mass is 342 g/mol. The van der Waals surface area contributed by atoms with Gasteiger partial charge in [0.1, 0.15) is 11.5 Å². The summed E-state index contributed by atoms with van der Waals surface area (Å²) in [4.78, 5) is 0. The van der Waals surface area contributed by atoms with Crippen LogP contribution >= 0.6 is 12.4 Å². The normalized spacial score (nSPS) is 27.1. The lowest BCUT2D eigenvalue weighted by Crippen LogP contribution is -2.49. The number of rotatable bonds is 5. The third-order valence-corrected chi connectivity index (χ3v) is 4.74. The van der Waals surface area contributed by atoms with Crippen LogP contribution in [0.15, 0.2) is 18.2 Å². The summed E-state index contributed by atoms with van der Waals surface area (Å²) in [7, 11) is 3.36. The van der Waals surface area contributed by atoms with Crippen molar-refractivity contribution in [2.75, 3.05) is 39.3 Å². The second-order valence-corrected chi connectivity index (χ2v) is 6.08. The van der Waals surface area contributed by atoms with Crippen molar-refractivity contribution in [3.05, 3.63) is 18.2 Å². The Labute approximate surface area is 144 Å². The highest BCUT2D eigenvalue weighted by Crippen LogP contribution is 2.34. The second kappa shape index (κ2) is 8.62. The number of ether oxygens (including phenoxy) is 3. The largest absolute Gasteiger partial charge is 0.497 e. The molecule has 130 valence electrons. The summed E-state index contributed by atoms with van der Waals surface area (Å²) >= 11 is 0. The van der Waals surface area contributed by atoms with Crippen molar-refractivity contribution in [2.45, 2.75) is 31.3 Å². The van der Waals surface area contributed by atoms with Crippen LogP contribution in [0.4, 0.5) is 5.69 Å². The lowest BCUT2D eigenvalue weighted by molar-refractivity contribution is 0.0559. The zero-order valence-corrected chi connectivity index (χ0v) is 14.7. The molecule has 1 aromatic carbocycles. The molecule has 0 amide bonds. The SMILES string of the molecule is COc1cc(NC2CCCC2C2COCCN2)cc(OC)c1.Cl. The smallest absolute Gasteiger partial charge is 0.124 e. The van der Waals surface area contributed by atoms with Crippen molar-refractivity contribution in [1.29, 1.82) is 0 Å². The molecule has 1 aromatic rings. The fourth-order valence-electron chi connectivity index (χ4n) is 3.62. The standard InChI is InChI=1S/C17H26N2O3.ClH/c1-20-13-8-12(9-14(10-13)21-2)19-16-5-3-4-15(16)17-11-22-7-6-18-17;/h8-10,15-19H,3-7,11H2,1-2H3;1H. The summed E-state index contributed by atoms with van der Waals surface area (Å²) in [6, 6.07) is 6.89. The first-order chi connectivity index (χ1) is 10.8. The predicted molar refractivity (Wildman–Crippen MR) is 94.2 cm³/mol. The number of hydrogen-bond acceptors (Lipinski definition) is 5. The maximum atomic E-state index is 5.64. The van der Waals surface area contributed by atoms with Crippen LogP contribution in [-0.2, 0) is 4.74 Å². The highest BCUT2D eigenvalue weighted by Gasteiger charge is 2.34. The number of nitrogens with one attached hydrogen (secondary N) is 2. The van der Waals surface area contributed by atoms with Gasteiger partial charge in [-0.25, -0.2) is 0 Å². The van der Waals surface area contributed by atoms with Gasteiger partial charge in [0, 0.05) is 42.5 Å². The fraction of sp³-hybridized carbons (Fsp3) is 0.647. The van der Waals surface area contributed by atoms with Gasteiger partial charge in [0.2, 0.25) is 0 Å². The molecular formula is C17H27ClN2O3. The van der Waals surface area contributed by atoms with E-state index in [9.17, 15) is 0 Å². The lowest BCUT2D eigenvalue weighted by atomic mass is 9.94. The third-order valence-electron chi connectivity index (χ3n) is 4.74. The van der Waals surface area contributed by atoms with Crippen LogP contribution in [0.2, 0.25) is 0 Å². The molecule has 2 N–H and O–H groups in total. The number of anilines is 1. The molecule has 1 saturated carbocycles. The highest BCUT2D eigenvalue weighted by molar-refractivity contribution is 5.85. The first kappa shape index (κ1) is 18.2. The molecule has 1 heterocycles. The van der Waals surface area contributed by atoms with Gasteiger partial charge in [-0.05, 0) is 18.8 Å². The van der Waals surface area contributed by atoms with Crippen LogP contribution in [0.1, 0.15) is 19.3 Å². The van der Waals surface area contributed by atoms with Crippen molar-refractivity contribution in [2.24, 2.45) is 5.92 Å². The Morgan fingerprint density at radius 1 is 1.13 bits per heavy atom. The Morgan fingerprint density at radius 3 is 2.48 bits per heavy atom. The topological polar surface area (TPSA) is 51.8 Å². The molecule has 0 spiro atoms. The molecule has 2 aliphatic rings. The average molecular weight is 343 g/mol. The van der Waals surface area contributed by atoms with Crippen molar-refractivity contribution in [3.63, 3.8) is 0 Å². The second-order valence-electron chi connectivity index (χ2n) is 6.08. The van der Waals surface area contributed by atoms with Gasteiger partial charge in [0.25, 0.3) is 0 Å². The van der Waals surface area contributed by atoms with Crippen molar-refractivity contribution in [1.82, 2.24) is 5.32 Å². The predicted octanol–water partition coefficient (Wildman–Crippen LogP) is 2.69. The van der Waals surface area contributed by atoms with Crippen LogP contribution in [0.3, 0.4) is 0 Å². The Kier molecular flexibility index (Phi) is 6.81.